The molecule has 2 N–H and O–H groups in total. The summed E-state index contributed by atoms with van der Waals surface area (Å²) in [6, 6.07) is 13.6. The monoisotopic (exact) mass is 387 g/mol. The maximum Gasteiger partial charge on any atom is 0.336 e. The molecule has 0 aromatic heterocycles. The molecule has 0 bridgehead atoms. The van der Waals surface area contributed by atoms with Crippen LogP contribution >= 0.6 is 0 Å². The normalized spacial score (nSPS) is 10.1. The van der Waals surface area contributed by atoms with Crippen molar-refractivity contribution in [2.75, 3.05) is 26.2 Å². The van der Waals surface area contributed by atoms with Gasteiger partial charge in [-0.3, -0.25) is 0 Å². The van der Waals surface area contributed by atoms with Crippen molar-refractivity contribution in [2.45, 2.75) is 27.2 Å². The van der Waals surface area contributed by atoms with Gasteiger partial charge in [-0.05, 0) is 43.4 Å². The van der Waals surface area contributed by atoms with Crippen molar-refractivity contribution < 1.29 is 24.5 Å². The highest BCUT2D eigenvalue weighted by molar-refractivity contribution is 6.02. The number of ether oxygens (including phenoxy) is 1. The van der Waals surface area contributed by atoms with Crippen LogP contribution in [0.15, 0.2) is 48.5 Å². The summed E-state index contributed by atoms with van der Waals surface area (Å²) in [6.45, 7) is 10.4. The van der Waals surface area contributed by atoms with E-state index in [-0.39, 0.29) is 17.7 Å². The fourth-order valence-electron chi connectivity index (χ4n) is 2.71. The molecule has 0 saturated heterocycles. The van der Waals surface area contributed by atoms with E-state index in [1.807, 2.05) is 18.2 Å². The molecule has 0 aliphatic carbocycles. The summed E-state index contributed by atoms with van der Waals surface area (Å²) in [4.78, 5) is 24.7. The van der Waals surface area contributed by atoms with Gasteiger partial charge in [0.2, 0.25) is 0 Å². The lowest BCUT2D eigenvalue weighted by Gasteiger charge is -2.13. The van der Waals surface area contributed by atoms with Crippen LogP contribution in [0.5, 0.6) is 5.75 Å². The number of carboxylic acid groups (broad SMARTS) is 2. The van der Waals surface area contributed by atoms with Gasteiger partial charge in [0, 0.05) is 6.42 Å². The Morgan fingerprint density at radius 1 is 0.857 bits per heavy atom. The number of hydrogen-bond acceptors (Lipinski definition) is 4. The summed E-state index contributed by atoms with van der Waals surface area (Å²) in [7, 11) is 0. The van der Waals surface area contributed by atoms with E-state index in [0.29, 0.717) is 17.7 Å². The summed E-state index contributed by atoms with van der Waals surface area (Å²) < 4.78 is 5.50. The third-order valence-corrected chi connectivity index (χ3v) is 4.32. The number of aromatic carboxylic acids is 2. The highest BCUT2D eigenvalue weighted by Gasteiger charge is 2.19. The van der Waals surface area contributed by atoms with E-state index in [0.717, 1.165) is 0 Å². The average molecular weight is 387 g/mol. The Morgan fingerprint density at radius 3 is 1.93 bits per heavy atom. The van der Waals surface area contributed by atoms with Crippen LogP contribution in [0.3, 0.4) is 0 Å². The van der Waals surface area contributed by atoms with Gasteiger partial charge in [0.25, 0.3) is 0 Å². The quantitative estimate of drug-likeness (QED) is 0.675. The van der Waals surface area contributed by atoms with Gasteiger partial charge in [-0.1, -0.05) is 51.1 Å². The number of rotatable bonds is 9. The molecule has 152 valence electrons. The van der Waals surface area contributed by atoms with Gasteiger partial charge in [0.05, 0.1) is 17.7 Å². The molecule has 2 rings (SSSR count). The number of carboxylic acids is 2. The summed E-state index contributed by atoms with van der Waals surface area (Å²) in [5.74, 6) is -1.82. The van der Waals surface area contributed by atoms with Crippen molar-refractivity contribution in [1.82, 2.24) is 4.90 Å². The summed E-state index contributed by atoms with van der Waals surface area (Å²) in [5, 5.41) is 18.3. The second-order valence-corrected chi connectivity index (χ2v) is 5.98. The molecule has 2 aromatic rings. The second-order valence-electron chi connectivity index (χ2n) is 5.98. The minimum atomic E-state index is -1.25. The van der Waals surface area contributed by atoms with E-state index in [2.05, 4.69) is 25.7 Å². The Balaban J connectivity index is 0.000000480. The summed E-state index contributed by atoms with van der Waals surface area (Å²) >= 11 is 0. The summed E-state index contributed by atoms with van der Waals surface area (Å²) in [5.41, 5.74) is 0.0553. The van der Waals surface area contributed by atoms with Crippen LogP contribution in [0.2, 0.25) is 0 Å². The maximum absolute atomic E-state index is 11.3. The Bertz CT molecular complexity index is 736. The van der Waals surface area contributed by atoms with Crippen molar-refractivity contribution in [3.63, 3.8) is 0 Å². The summed E-state index contributed by atoms with van der Waals surface area (Å²) in [6.07, 6.45) is 0.317. The molecular weight excluding hydrogens is 358 g/mol. The third-order valence-electron chi connectivity index (χ3n) is 4.32. The highest BCUT2D eigenvalue weighted by atomic mass is 16.5. The van der Waals surface area contributed by atoms with Crippen LogP contribution in [-0.4, -0.2) is 53.3 Å². The zero-order valence-electron chi connectivity index (χ0n) is 16.7. The number of nitrogens with zero attached hydrogens (tertiary/aromatic N) is 1. The Labute approximate surface area is 166 Å². The van der Waals surface area contributed by atoms with Crippen LogP contribution in [0.1, 0.15) is 47.1 Å². The lowest BCUT2D eigenvalue weighted by Crippen LogP contribution is -2.21. The molecule has 28 heavy (non-hydrogen) atoms. The third kappa shape index (κ3) is 7.40. The lowest BCUT2D eigenvalue weighted by atomic mass is 9.99. The molecule has 0 atom stereocenters. The van der Waals surface area contributed by atoms with Crippen molar-refractivity contribution in [2.24, 2.45) is 0 Å². The fraction of sp³-hybridized carbons (Fsp3) is 0.364. The largest absolute Gasteiger partial charge is 0.493 e. The van der Waals surface area contributed by atoms with Crippen molar-refractivity contribution in [3.8, 4) is 5.75 Å². The van der Waals surface area contributed by atoms with Gasteiger partial charge in [0.15, 0.2) is 0 Å². The molecule has 0 fully saturated rings. The molecule has 6 heteroatoms. The van der Waals surface area contributed by atoms with E-state index >= 15 is 0 Å². The van der Waals surface area contributed by atoms with E-state index in [9.17, 15) is 14.7 Å². The highest BCUT2D eigenvalue weighted by Crippen LogP contribution is 2.17. The standard InChI is InChI=1S/C16H14O5.C6H15N/c17-15(18)13-8-4-5-11(14(13)16(19)20)9-10-21-12-6-2-1-3-7-12;1-4-7(5-2)6-3/h1-8H,9-10H2,(H,17,18)(H,19,20);4-6H2,1-3H3. The molecule has 0 unspecified atom stereocenters. The molecule has 0 radical (unpaired) electrons. The SMILES string of the molecule is CCN(CC)CC.O=C(O)c1cccc(CCOc2ccccc2)c1C(=O)O. The Kier molecular flexibility index (Phi) is 10.4. The first-order valence-electron chi connectivity index (χ1n) is 9.43. The van der Waals surface area contributed by atoms with Crippen LogP contribution in [0.4, 0.5) is 0 Å². The van der Waals surface area contributed by atoms with Crippen LogP contribution in [0, 0.1) is 0 Å². The molecule has 0 spiro atoms. The van der Waals surface area contributed by atoms with Crippen LogP contribution in [0.25, 0.3) is 0 Å². The molecule has 2 aromatic carbocycles. The van der Waals surface area contributed by atoms with Gasteiger partial charge < -0.3 is 19.8 Å². The smallest absolute Gasteiger partial charge is 0.336 e. The van der Waals surface area contributed by atoms with Crippen molar-refractivity contribution in [3.05, 3.63) is 65.2 Å². The van der Waals surface area contributed by atoms with Crippen LogP contribution in [-0.2, 0) is 6.42 Å². The predicted molar refractivity (Wildman–Crippen MR) is 109 cm³/mol. The Morgan fingerprint density at radius 2 is 1.46 bits per heavy atom. The molecule has 0 aliphatic heterocycles. The average Bonchev–Trinajstić information content (AvgIpc) is 2.70. The number of para-hydroxylation sites is 1. The zero-order chi connectivity index (χ0) is 20.9. The topological polar surface area (TPSA) is 87.1 Å². The zero-order valence-corrected chi connectivity index (χ0v) is 16.7. The molecule has 6 nitrogen and oxygen atoms in total. The lowest BCUT2D eigenvalue weighted by molar-refractivity contribution is 0.0650. The first kappa shape index (κ1) is 23.2. The minimum absolute atomic E-state index is 0.179. The number of benzene rings is 2. The van der Waals surface area contributed by atoms with E-state index in [1.54, 1.807) is 18.2 Å². The number of hydrogen-bond donors (Lipinski definition) is 2. The fourth-order valence-corrected chi connectivity index (χ4v) is 2.71. The van der Waals surface area contributed by atoms with E-state index in [4.69, 9.17) is 9.84 Å². The van der Waals surface area contributed by atoms with Gasteiger partial charge in [0.1, 0.15) is 5.75 Å². The Hall–Kier alpha value is -2.86. The maximum atomic E-state index is 11.3. The first-order valence-corrected chi connectivity index (χ1v) is 9.43. The van der Waals surface area contributed by atoms with Gasteiger partial charge in [-0.25, -0.2) is 9.59 Å². The van der Waals surface area contributed by atoms with E-state index in [1.165, 1.54) is 31.8 Å². The van der Waals surface area contributed by atoms with Crippen molar-refractivity contribution in [1.29, 1.82) is 0 Å². The minimum Gasteiger partial charge on any atom is -0.493 e. The predicted octanol–water partition coefficient (Wildman–Crippen LogP) is 4.05. The molecule has 0 amide bonds. The van der Waals surface area contributed by atoms with Crippen molar-refractivity contribution >= 4 is 11.9 Å². The number of carbonyl (C=O) groups is 2. The molecular formula is C22H29NO5. The molecule has 0 heterocycles. The van der Waals surface area contributed by atoms with Gasteiger partial charge in [-0.15, -0.1) is 0 Å². The van der Waals surface area contributed by atoms with Crippen LogP contribution < -0.4 is 4.74 Å². The van der Waals surface area contributed by atoms with Gasteiger partial charge in [-0.2, -0.15) is 0 Å². The first-order chi connectivity index (χ1) is 13.4. The molecule has 0 saturated carbocycles. The van der Waals surface area contributed by atoms with Gasteiger partial charge >= 0.3 is 11.9 Å². The second kappa shape index (κ2) is 12.5. The van der Waals surface area contributed by atoms with E-state index < -0.39 is 11.9 Å². The molecule has 0 aliphatic rings.